The predicted octanol–water partition coefficient (Wildman–Crippen LogP) is 2.23. The molecule has 0 amide bonds. The molecule has 2 bridgehead atoms. The van der Waals surface area contributed by atoms with E-state index in [2.05, 4.69) is 17.9 Å². The molecule has 0 aromatic carbocycles. The molecule has 88 valence electrons. The van der Waals surface area contributed by atoms with Crippen LogP contribution in [0.1, 0.15) is 44.9 Å². The van der Waals surface area contributed by atoms with Gasteiger partial charge >= 0.3 is 0 Å². The van der Waals surface area contributed by atoms with Crippen molar-refractivity contribution in [1.82, 2.24) is 4.90 Å². The van der Waals surface area contributed by atoms with Crippen LogP contribution in [0.5, 0.6) is 0 Å². The Balaban J connectivity index is 1.83. The molecule has 0 N–H and O–H groups in total. The van der Waals surface area contributed by atoms with Crippen molar-refractivity contribution in [3.63, 3.8) is 0 Å². The highest BCUT2D eigenvalue weighted by molar-refractivity contribution is 5.81. The van der Waals surface area contributed by atoms with Gasteiger partial charge in [-0.05, 0) is 39.2 Å². The maximum atomic E-state index is 12.0. The Bertz CT molecular complexity index is 290. The zero-order chi connectivity index (χ0) is 11.5. The summed E-state index contributed by atoms with van der Waals surface area (Å²) in [6.45, 7) is 0. The van der Waals surface area contributed by atoms with E-state index < -0.39 is 0 Å². The number of hydrogen-bond acceptors (Lipinski definition) is 2. The number of hydrogen-bond donors (Lipinski definition) is 0. The van der Waals surface area contributed by atoms with E-state index in [0.717, 1.165) is 25.7 Å². The van der Waals surface area contributed by atoms with Gasteiger partial charge in [0.2, 0.25) is 0 Å². The smallest absolute Gasteiger partial charge is 0.136 e. The Hall–Kier alpha value is -0.810. The summed E-state index contributed by atoms with van der Waals surface area (Å²) in [5, 5.41) is 0. The molecule has 0 aromatic heterocycles. The van der Waals surface area contributed by atoms with Crippen LogP contribution in [-0.4, -0.2) is 29.8 Å². The van der Waals surface area contributed by atoms with Crippen molar-refractivity contribution in [2.75, 3.05) is 7.05 Å². The molecule has 2 aliphatic rings. The second kappa shape index (κ2) is 5.01. The van der Waals surface area contributed by atoms with Crippen LogP contribution in [-0.2, 0) is 4.79 Å². The largest absolute Gasteiger partial charge is 0.300 e. The SMILES string of the molecule is C#CCCCC(=O)C1CC2CCC(C1)N2C. The van der Waals surface area contributed by atoms with E-state index in [9.17, 15) is 4.79 Å². The van der Waals surface area contributed by atoms with Gasteiger partial charge in [-0.3, -0.25) is 4.79 Å². The Morgan fingerprint density at radius 1 is 1.38 bits per heavy atom. The van der Waals surface area contributed by atoms with Gasteiger partial charge in [0.15, 0.2) is 0 Å². The van der Waals surface area contributed by atoms with E-state index in [-0.39, 0.29) is 0 Å². The number of carbonyl (C=O) groups is 1. The van der Waals surface area contributed by atoms with Crippen LogP contribution in [0.3, 0.4) is 0 Å². The number of fused-ring (bicyclic) bond motifs is 2. The van der Waals surface area contributed by atoms with Crippen LogP contribution in [0.25, 0.3) is 0 Å². The number of nitrogens with zero attached hydrogens (tertiary/aromatic N) is 1. The topological polar surface area (TPSA) is 20.3 Å². The van der Waals surface area contributed by atoms with Crippen molar-refractivity contribution >= 4 is 5.78 Å². The Morgan fingerprint density at radius 3 is 2.56 bits per heavy atom. The van der Waals surface area contributed by atoms with Gasteiger partial charge in [0, 0.05) is 30.8 Å². The minimum Gasteiger partial charge on any atom is -0.300 e. The summed E-state index contributed by atoms with van der Waals surface area (Å²) in [6, 6.07) is 1.33. The van der Waals surface area contributed by atoms with E-state index in [1.54, 1.807) is 0 Å². The fourth-order valence-electron chi connectivity index (χ4n) is 3.24. The summed E-state index contributed by atoms with van der Waals surface area (Å²) >= 11 is 0. The molecular formula is C14H21NO. The van der Waals surface area contributed by atoms with Crippen LogP contribution < -0.4 is 0 Å². The summed E-state index contributed by atoms with van der Waals surface area (Å²) in [4.78, 5) is 14.5. The van der Waals surface area contributed by atoms with Crippen LogP contribution in [0.2, 0.25) is 0 Å². The molecule has 2 heterocycles. The molecule has 2 heteroatoms. The molecule has 0 aliphatic carbocycles. The molecule has 0 aromatic rings. The van der Waals surface area contributed by atoms with E-state index in [0.29, 0.717) is 30.2 Å². The van der Waals surface area contributed by atoms with Gasteiger partial charge in [0.25, 0.3) is 0 Å². The number of Topliss-reactive ketones (excluding diaryl/α,β-unsaturated/α-hetero) is 1. The van der Waals surface area contributed by atoms with E-state index in [1.165, 1.54) is 12.8 Å². The number of rotatable bonds is 4. The van der Waals surface area contributed by atoms with Crippen molar-refractivity contribution in [1.29, 1.82) is 0 Å². The summed E-state index contributed by atoms with van der Waals surface area (Å²) in [5.74, 6) is 3.39. The predicted molar refractivity (Wildman–Crippen MR) is 65.0 cm³/mol. The average Bonchev–Trinajstić information content (AvgIpc) is 2.53. The lowest BCUT2D eigenvalue weighted by Crippen LogP contribution is -2.42. The maximum Gasteiger partial charge on any atom is 0.136 e. The van der Waals surface area contributed by atoms with Gasteiger partial charge in [-0.1, -0.05) is 0 Å². The van der Waals surface area contributed by atoms with Crippen molar-refractivity contribution in [3.8, 4) is 12.3 Å². The second-order valence-electron chi connectivity index (χ2n) is 5.24. The Kier molecular flexibility index (Phi) is 3.66. The summed E-state index contributed by atoms with van der Waals surface area (Å²) in [6.07, 6.45) is 12.2. The minimum atomic E-state index is 0.325. The fourth-order valence-corrected chi connectivity index (χ4v) is 3.24. The third-order valence-corrected chi connectivity index (χ3v) is 4.30. The molecule has 2 aliphatic heterocycles. The quantitative estimate of drug-likeness (QED) is 0.534. The van der Waals surface area contributed by atoms with Crippen molar-refractivity contribution in [3.05, 3.63) is 0 Å². The molecule has 2 atom stereocenters. The summed E-state index contributed by atoms with van der Waals surface area (Å²) in [7, 11) is 2.21. The zero-order valence-electron chi connectivity index (χ0n) is 10.1. The van der Waals surface area contributed by atoms with Crippen molar-refractivity contribution < 1.29 is 4.79 Å². The van der Waals surface area contributed by atoms with Crippen molar-refractivity contribution in [2.24, 2.45) is 5.92 Å². The van der Waals surface area contributed by atoms with E-state index in [1.807, 2.05) is 0 Å². The lowest BCUT2D eigenvalue weighted by molar-refractivity contribution is -0.125. The molecule has 2 rings (SSSR count). The number of piperidine rings is 1. The first-order valence-corrected chi connectivity index (χ1v) is 6.40. The first-order valence-electron chi connectivity index (χ1n) is 6.40. The van der Waals surface area contributed by atoms with Gasteiger partial charge < -0.3 is 4.90 Å². The molecule has 16 heavy (non-hydrogen) atoms. The number of unbranched alkanes of at least 4 members (excludes halogenated alkanes) is 1. The van der Waals surface area contributed by atoms with Crippen LogP contribution >= 0.6 is 0 Å². The number of ketones is 1. The molecular weight excluding hydrogens is 198 g/mol. The lowest BCUT2D eigenvalue weighted by Gasteiger charge is -2.35. The normalized spacial score (nSPS) is 33.6. The van der Waals surface area contributed by atoms with Gasteiger partial charge in [0.1, 0.15) is 5.78 Å². The molecule has 0 spiro atoms. The molecule has 2 nitrogen and oxygen atoms in total. The fraction of sp³-hybridized carbons (Fsp3) is 0.786. The summed E-state index contributed by atoms with van der Waals surface area (Å²) in [5.41, 5.74) is 0. The lowest BCUT2D eigenvalue weighted by atomic mass is 9.86. The third-order valence-electron chi connectivity index (χ3n) is 4.30. The standard InChI is InChI=1S/C14H21NO/c1-3-4-5-6-14(16)11-9-12-7-8-13(10-11)15(12)2/h1,11-13H,4-10H2,2H3. The Labute approximate surface area is 98.4 Å². The van der Waals surface area contributed by atoms with Gasteiger partial charge in [-0.2, -0.15) is 0 Å². The molecule has 0 saturated carbocycles. The van der Waals surface area contributed by atoms with Crippen molar-refractivity contribution in [2.45, 2.75) is 57.0 Å². The first-order chi connectivity index (χ1) is 7.72. The first kappa shape index (κ1) is 11.7. The van der Waals surface area contributed by atoms with E-state index in [4.69, 9.17) is 6.42 Å². The molecule has 2 fully saturated rings. The second-order valence-corrected chi connectivity index (χ2v) is 5.24. The highest BCUT2D eigenvalue weighted by Gasteiger charge is 2.40. The highest BCUT2D eigenvalue weighted by atomic mass is 16.1. The third kappa shape index (κ3) is 2.30. The number of carbonyl (C=O) groups excluding carboxylic acids is 1. The van der Waals surface area contributed by atoms with Gasteiger partial charge in [0.05, 0.1) is 0 Å². The molecule has 2 saturated heterocycles. The number of terminal acetylenes is 1. The zero-order valence-corrected chi connectivity index (χ0v) is 10.1. The Morgan fingerprint density at radius 2 is 2.00 bits per heavy atom. The monoisotopic (exact) mass is 219 g/mol. The average molecular weight is 219 g/mol. The molecule has 2 unspecified atom stereocenters. The van der Waals surface area contributed by atoms with Crippen LogP contribution in [0.15, 0.2) is 0 Å². The van der Waals surface area contributed by atoms with E-state index >= 15 is 0 Å². The maximum absolute atomic E-state index is 12.0. The minimum absolute atomic E-state index is 0.325. The van der Waals surface area contributed by atoms with Crippen LogP contribution in [0.4, 0.5) is 0 Å². The van der Waals surface area contributed by atoms with Gasteiger partial charge in [-0.15, -0.1) is 12.3 Å². The van der Waals surface area contributed by atoms with Gasteiger partial charge in [-0.25, -0.2) is 0 Å². The van der Waals surface area contributed by atoms with Crippen LogP contribution in [0, 0.1) is 18.3 Å². The molecule has 0 radical (unpaired) electrons. The summed E-state index contributed by atoms with van der Waals surface area (Å²) < 4.78 is 0. The highest BCUT2D eigenvalue weighted by Crippen LogP contribution is 2.38.